The van der Waals surface area contributed by atoms with Crippen LogP contribution in [-0.2, 0) is 35.8 Å². The van der Waals surface area contributed by atoms with Crippen LogP contribution < -0.4 is 10.5 Å². The Morgan fingerprint density at radius 3 is 2.48 bits per heavy atom. The molecule has 0 fully saturated rings. The van der Waals surface area contributed by atoms with Crippen molar-refractivity contribution in [1.82, 2.24) is 14.3 Å². The number of benzene rings is 1. The van der Waals surface area contributed by atoms with Gasteiger partial charge in [-0.3, -0.25) is 0 Å². The second kappa shape index (κ2) is 6.84. The molecule has 1 aromatic heterocycles. The van der Waals surface area contributed by atoms with E-state index >= 15 is 0 Å². The average Bonchev–Trinajstić information content (AvgIpc) is 2.85. The summed E-state index contributed by atoms with van der Waals surface area (Å²) in [5, 5.41) is 0. The zero-order chi connectivity index (χ0) is 15.3. The van der Waals surface area contributed by atoms with Crippen LogP contribution in [0.5, 0.6) is 0 Å². The Morgan fingerprint density at radius 1 is 1.24 bits per heavy atom. The molecule has 2 rings (SSSR count). The minimum atomic E-state index is -3.34. The second-order valence-electron chi connectivity index (χ2n) is 4.88. The smallest absolute Gasteiger partial charge is 0.215 e. The maximum absolute atomic E-state index is 12.0. The molecule has 7 heteroatoms. The van der Waals surface area contributed by atoms with Gasteiger partial charge in [0, 0.05) is 39.0 Å². The minimum absolute atomic E-state index is 0.0293. The van der Waals surface area contributed by atoms with Crippen molar-refractivity contribution in [1.29, 1.82) is 0 Å². The van der Waals surface area contributed by atoms with E-state index in [0.717, 1.165) is 17.0 Å². The van der Waals surface area contributed by atoms with E-state index in [1.165, 1.54) is 0 Å². The second-order valence-corrected chi connectivity index (χ2v) is 6.69. The predicted molar refractivity (Wildman–Crippen MR) is 81.9 cm³/mol. The van der Waals surface area contributed by atoms with Crippen LogP contribution in [0.2, 0.25) is 0 Å². The summed E-state index contributed by atoms with van der Waals surface area (Å²) in [6.07, 6.45) is 4.10. The molecule has 0 unspecified atom stereocenters. The third-order valence-corrected chi connectivity index (χ3v) is 4.56. The number of nitrogens with zero attached hydrogens (tertiary/aromatic N) is 2. The van der Waals surface area contributed by atoms with Gasteiger partial charge in [0.1, 0.15) is 5.82 Å². The number of sulfonamides is 1. The fourth-order valence-corrected chi connectivity index (χ4v) is 3.14. The van der Waals surface area contributed by atoms with E-state index in [-0.39, 0.29) is 5.75 Å². The first-order chi connectivity index (χ1) is 10.00. The zero-order valence-corrected chi connectivity index (χ0v) is 12.8. The van der Waals surface area contributed by atoms with Crippen LogP contribution in [0.15, 0.2) is 36.7 Å². The maximum atomic E-state index is 12.0. The van der Waals surface area contributed by atoms with Crippen LogP contribution in [-0.4, -0.2) is 24.5 Å². The van der Waals surface area contributed by atoms with Crippen molar-refractivity contribution in [3.05, 3.63) is 53.6 Å². The standard InChI is InChI=1S/C14H20N4O2S/c1-18-9-8-16-14(18)6-7-17-21(19,20)11-13-4-2-12(10-15)3-5-13/h2-5,8-9,17H,6-7,10-11,15H2,1H3. The third kappa shape index (κ3) is 4.66. The van der Waals surface area contributed by atoms with Crippen molar-refractivity contribution in [3.63, 3.8) is 0 Å². The van der Waals surface area contributed by atoms with E-state index in [1.807, 2.05) is 29.9 Å². The summed E-state index contributed by atoms with van der Waals surface area (Å²) in [5.74, 6) is 0.823. The number of nitrogens with two attached hydrogens (primary N) is 1. The molecule has 0 aliphatic heterocycles. The highest BCUT2D eigenvalue weighted by Gasteiger charge is 2.11. The number of imidazole rings is 1. The van der Waals surface area contributed by atoms with Gasteiger partial charge in [-0.1, -0.05) is 24.3 Å². The van der Waals surface area contributed by atoms with Gasteiger partial charge >= 0.3 is 0 Å². The summed E-state index contributed by atoms with van der Waals surface area (Å²) in [5.41, 5.74) is 7.24. The van der Waals surface area contributed by atoms with E-state index in [4.69, 9.17) is 5.73 Å². The molecule has 1 heterocycles. The Hall–Kier alpha value is -1.70. The van der Waals surface area contributed by atoms with Crippen LogP contribution in [0.25, 0.3) is 0 Å². The minimum Gasteiger partial charge on any atom is -0.338 e. The maximum Gasteiger partial charge on any atom is 0.215 e. The van der Waals surface area contributed by atoms with Gasteiger partial charge in [0.05, 0.1) is 5.75 Å². The van der Waals surface area contributed by atoms with Crippen LogP contribution in [0.3, 0.4) is 0 Å². The zero-order valence-electron chi connectivity index (χ0n) is 12.0. The molecule has 0 saturated carbocycles. The van der Waals surface area contributed by atoms with Crippen LogP contribution in [0, 0.1) is 0 Å². The molecule has 6 nitrogen and oxygen atoms in total. The van der Waals surface area contributed by atoms with Crippen LogP contribution >= 0.6 is 0 Å². The summed E-state index contributed by atoms with van der Waals surface area (Å²) in [6, 6.07) is 7.28. The lowest BCUT2D eigenvalue weighted by molar-refractivity contribution is 0.579. The van der Waals surface area contributed by atoms with Gasteiger partial charge in [-0.15, -0.1) is 0 Å². The lowest BCUT2D eigenvalue weighted by Gasteiger charge is -2.07. The Labute approximate surface area is 125 Å². The number of aromatic nitrogens is 2. The molecule has 114 valence electrons. The fraction of sp³-hybridized carbons (Fsp3) is 0.357. The van der Waals surface area contributed by atoms with Gasteiger partial charge in [-0.25, -0.2) is 18.1 Å². The normalized spacial score (nSPS) is 11.7. The number of hydrogen-bond donors (Lipinski definition) is 2. The highest BCUT2D eigenvalue weighted by atomic mass is 32.2. The first kappa shape index (κ1) is 15.7. The number of nitrogens with one attached hydrogen (secondary N) is 1. The lowest BCUT2D eigenvalue weighted by Crippen LogP contribution is -2.27. The molecule has 0 radical (unpaired) electrons. The molecule has 0 saturated heterocycles. The molecule has 3 N–H and O–H groups in total. The van der Waals surface area contributed by atoms with Gasteiger partial charge in [-0.05, 0) is 11.1 Å². The Kier molecular flexibility index (Phi) is 5.11. The molecule has 0 spiro atoms. The van der Waals surface area contributed by atoms with Gasteiger partial charge < -0.3 is 10.3 Å². The van der Waals surface area contributed by atoms with E-state index < -0.39 is 10.0 Å². The van der Waals surface area contributed by atoms with Crippen molar-refractivity contribution in [2.75, 3.05) is 6.54 Å². The molecule has 0 atom stereocenters. The molecule has 2 aromatic rings. The monoisotopic (exact) mass is 308 g/mol. The lowest BCUT2D eigenvalue weighted by atomic mass is 10.1. The van der Waals surface area contributed by atoms with Crippen molar-refractivity contribution >= 4 is 10.0 Å². The summed E-state index contributed by atoms with van der Waals surface area (Å²) in [6.45, 7) is 0.795. The summed E-state index contributed by atoms with van der Waals surface area (Å²) in [4.78, 5) is 4.15. The predicted octanol–water partition coefficient (Wildman–Crippen LogP) is 0.541. The number of hydrogen-bond acceptors (Lipinski definition) is 4. The molecule has 0 aliphatic carbocycles. The van der Waals surface area contributed by atoms with Gasteiger partial charge in [-0.2, -0.15) is 0 Å². The Morgan fingerprint density at radius 2 is 1.90 bits per heavy atom. The first-order valence-electron chi connectivity index (χ1n) is 6.71. The van der Waals surface area contributed by atoms with Crippen molar-refractivity contribution in [3.8, 4) is 0 Å². The van der Waals surface area contributed by atoms with Gasteiger partial charge in [0.25, 0.3) is 0 Å². The molecule has 0 amide bonds. The molecule has 21 heavy (non-hydrogen) atoms. The molecule has 0 bridgehead atoms. The Balaban J connectivity index is 1.88. The summed E-state index contributed by atoms with van der Waals surface area (Å²) in [7, 11) is -1.45. The molecular formula is C14H20N4O2S. The van der Waals surface area contributed by atoms with Crippen LogP contribution in [0.1, 0.15) is 17.0 Å². The van der Waals surface area contributed by atoms with Crippen LogP contribution in [0.4, 0.5) is 0 Å². The first-order valence-corrected chi connectivity index (χ1v) is 8.37. The topological polar surface area (TPSA) is 90.0 Å². The van der Waals surface area contributed by atoms with E-state index in [9.17, 15) is 8.42 Å². The van der Waals surface area contributed by atoms with Crippen molar-refractivity contribution < 1.29 is 8.42 Å². The van der Waals surface area contributed by atoms with Crippen molar-refractivity contribution in [2.45, 2.75) is 18.7 Å². The molecular weight excluding hydrogens is 288 g/mol. The summed E-state index contributed by atoms with van der Waals surface area (Å²) >= 11 is 0. The number of aryl methyl sites for hydroxylation is 1. The largest absolute Gasteiger partial charge is 0.338 e. The SMILES string of the molecule is Cn1ccnc1CCNS(=O)(=O)Cc1ccc(CN)cc1. The van der Waals surface area contributed by atoms with Gasteiger partial charge in [0.2, 0.25) is 10.0 Å². The Bertz CT molecular complexity index is 677. The van der Waals surface area contributed by atoms with Gasteiger partial charge in [0.15, 0.2) is 0 Å². The van der Waals surface area contributed by atoms with E-state index in [1.54, 1.807) is 18.3 Å². The molecule has 0 aliphatic rings. The van der Waals surface area contributed by atoms with E-state index in [2.05, 4.69) is 9.71 Å². The third-order valence-electron chi connectivity index (χ3n) is 3.21. The molecule has 1 aromatic carbocycles. The average molecular weight is 308 g/mol. The quantitative estimate of drug-likeness (QED) is 0.781. The van der Waals surface area contributed by atoms with E-state index in [0.29, 0.717) is 19.5 Å². The van der Waals surface area contributed by atoms with Crippen molar-refractivity contribution in [2.24, 2.45) is 12.8 Å². The summed E-state index contributed by atoms with van der Waals surface area (Å²) < 4.78 is 28.5. The number of rotatable bonds is 7. The highest BCUT2D eigenvalue weighted by Crippen LogP contribution is 2.07. The fourth-order valence-electron chi connectivity index (χ4n) is 2.00. The highest BCUT2D eigenvalue weighted by molar-refractivity contribution is 7.88.